The SMILES string of the molecule is C/C=C/CCCCC[C@@H]1C=C2C(SCC)[C@H](C3=C(CC2(C(=O)OC)C(=O)OC)C(=O)OC3=O)[C@H]1C[C@@H]1COC(C)(C)O1. The van der Waals surface area contributed by atoms with Crippen LogP contribution in [0.3, 0.4) is 0 Å². The monoisotopic (exact) mass is 604 g/mol. The Kier molecular flexibility index (Phi) is 10.4. The second-order valence-corrected chi connectivity index (χ2v) is 13.3. The van der Waals surface area contributed by atoms with E-state index in [2.05, 4.69) is 18.2 Å². The molecule has 10 heteroatoms. The van der Waals surface area contributed by atoms with Crippen molar-refractivity contribution < 1.29 is 42.9 Å². The van der Waals surface area contributed by atoms with E-state index in [0.29, 0.717) is 24.4 Å². The maximum Gasteiger partial charge on any atom is 0.342 e. The summed E-state index contributed by atoms with van der Waals surface area (Å²) in [7, 11) is 2.44. The van der Waals surface area contributed by atoms with E-state index in [1.165, 1.54) is 14.2 Å². The lowest BCUT2D eigenvalue weighted by atomic mass is 9.63. The lowest BCUT2D eigenvalue weighted by Crippen LogP contribution is -2.50. The number of ether oxygens (including phenoxy) is 5. The van der Waals surface area contributed by atoms with Gasteiger partial charge in [0.05, 0.1) is 38.1 Å². The average molecular weight is 605 g/mol. The first-order valence-electron chi connectivity index (χ1n) is 15.0. The summed E-state index contributed by atoms with van der Waals surface area (Å²) in [6.45, 7) is 8.18. The Labute approximate surface area is 252 Å². The van der Waals surface area contributed by atoms with Gasteiger partial charge >= 0.3 is 23.9 Å². The van der Waals surface area contributed by atoms with Gasteiger partial charge in [0.2, 0.25) is 0 Å². The fraction of sp³-hybridized carbons (Fsp3) is 0.688. The maximum absolute atomic E-state index is 13.7. The number of unbranched alkanes of at least 4 members (excludes halogenated alkanes) is 3. The van der Waals surface area contributed by atoms with Crippen molar-refractivity contribution in [2.24, 2.45) is 23.2 Å². The summed E-state index contributed by atoms with van der Waals surface area (Å²) in [5.41, 5.74) is -1.01. The molecule has 0 aromatic heterocycles. The normalized spacial score (nSPS) is 29.7. The molecule has 0 radical (unpaired) electrons. The largest absolute Gasteiger partial charge is 0.468 e. The summed E-state index contributed by atoms with van der Waals surface area (Å²) in [5.74, 6) is -3.89. The highest BCUT2D eigenvalue weighted by atomic mass is 32.2. The van der Waals surface area contributed by atoms with Gasteiger partial charge in [0.1, 0.15) is 0 Å². The van der Waals surface area contributed by atoms with E-state index in [0.717, 1.165) is 32.1 Å². The van der Waals surface area contributed by atoms with Gasteiger partial charge in [-0.25, -0.2) is 9.59 Å². The van der Waals surface area contributed by atoms with Gasteiger partial charge in [-0.15, -0.1) is 0 Å². The molecule has 0 amide bonds. The molecule has 0 spiro atoms. The predicted molar refractivity (Wildman–Crippen MR) is 157 cm³/mol. The van der Waals surface area contributed by atoms with Crippen molar-refractivity contribution in [3.05, 3.63) is 34.9 Å². The van der Waals surface area contributed by atoms with Crippen LogP contribution in [0.5, 0.6) is 0 Å². The van der Waals surface area contributed by atoms with Crippen molar-refractivity contribution in [1.82, 2.24) is 0 Å². The van der Waals surface area contributed by atoms with Crippen molar-refractivity contribution >= 4 is 35.6 Å². The highest BCUT2D eigenvalue weighted by molar-refractivity contribution is 8.00. The molecule has 232 valence electrons. The first kappa shape index (κ1) is 32.5. The van der Waals surface area contributed by atoms with Crippen LogP contribution in [0, 0.1) is 23.2 Å². The number of hydrogen-bond donors (Lipinski definition) is 0. The number of fused-ring (bicyclic) bond motifs is 3. The van der Waals surface area contributed by atoms with Crippen LogP contribution in [0.15, 0.2) is 34.9 Å². The van der Waals surface area contributed by atoms with E-state index >= 15 is 0 Å². The van der Waals surface area contributed by atoms with Crippen LogP contribution in [-0.2, 0) is 42.9 Å². The summed E-state index contributed by atoms with van der Waals surface area (Å²) in [6.07, 6.45) is 11.1. The number of methoxy groups -OCH3 is 2. The Morgan fingerprint density at radius 2 is 1.81 bits per heavy atom. The van der Waals surface area contributed by atoms with Gasteiger partial charge in [-0.2, -0.15) is 11.8 Å². The molecule has 2 aliphatic heterocycles. The van der Waals surface area contributed by atoms with E-state index in [1.54, 1.807) is 11.8 Å². The van der Waals surface area contributed by atoms with Gasteiger partial charge in [0.15, 0.2) is 11.2 Å². The molecule has 2 aliphatic carbocycles. The zero-order chi connectivity index (χ0) is 30.7. The van der Waals surface area contributed by atoms with E-state index in [4.69, 9.17) is 23.7 Å². The fourth-order valence-corrected chi connectivity index (χ4v) is 8.53. The van der Waals surface area contributed by atoms with Crippen LogP contribution in [0.1, 0.15) is 72.6 Å². The number of cyclic esters (lactones) is 2. The Hall–Kier alpha value is -2.43. The Bertz CT molecular complexity index is 1150. The summed E-state index contributed by atoms with van der Waals surface area (Å²) >= 11 is 1.55. The van der Waals surface area contributed by atoms with Gasteiger partial charge in [-0.05, 0) is 69.6 Å². The quantitative estimate of drug-likeness (QED) is 0.0982. The van der Waals surface area contributed by atoms with Crippen molar-refractivity contribution in [3.8, 4) is 0 Å². The number of carbonyl (C=O) groups is 4. The molecule has 0 aromatic carbocycles. The van der Waals surface area contributed by atoms with Crippen LogP contribution in [0.4, 0.5) is 0 Å². The highest BCUT2D eigenvalue weighted by Crippen LogP contribution is 2.58. The second-order valence-electron chi connectivity index (χ2n) is 11.9. The van der Waals surface area contributed by atoms with Crippen molar-refractivity contribution in [2.45, 2.75) is 89.8 Å². The summed E-state index contributed by atoms with van der Waals surface area (Å²) < 4.78 is 27.8. The molecule has 0 N–H and O–H groups in total. The zero-order valence-corrected chi connectivity index (χ0v) is 26.4. The van der Waals surface area contributed by atoms with Crippen molar-refractivity contribution in [2.75, 3.05) is 26.6 Å². The molecule has 4 aliphatic rings. The molecule has 2 bridgehead atoms. The van der Waals surface area contributed by atoms with Gasteiger partial charge in [-0.1, -0.05) is 38.0 Å². The number of thioether (sulfide) groups is 1. The van der Waals surface area contributed by atoms with Crippen LogP contribution in [-0.4, -0.2) is 67.6 Å². The summed E-state index contributed by atoms with van der Waals surface area (Å²) in [5, 5.41) is -0.453. The molecule has 1 unspecified atom stereocenters. The van der Waals surface area contributed by atoms with Crippen LogP contribution in [0.2, 0.25) is 0 Å². The summed E-state index contributed by atoms with van der Waals surface area (Å²) in [4.78, 5) is 54.0. The third-order valence-corrected chi connectivity index (χ3v) is 10.2. The minimum atomic E-state index is -1.90. The minimum absolute atomic E-state index is 0.0619. The number of rotatable bonds is 12. The third-order valence-electron chi connectivity index (χ3n) is 8.94. The topological polar surface area (TPSA) is 114 Å². The number of allylic oxidation sites excluding steroid dienone is 3. The van der Waals surface area contributed by atoms with Crippen molar-refractivity contribution in [3.63, 3.8) is 0 Å². The highest BCUT2D eigenvalue weighted by Gasteiger charge is 2.63. The Morgan fingerprint density at radius 3 is 2.40 bits per heavy atom. The zero-order valence-electron chi connectivity index (χ0n) is 25.6. The molecule has 42 heavy (non-hydrogen) atoms. The van der Waals surface area contributed by atoms with E-state index in [1.807, 2.05) is 27.7 Å². The Morgan fingerprint density at radius 1 is 1.10 bits per heavy atom. The average Bonchev–Trinajstić information content (AvgIpc) is 3.41. The molecule has 0 saturated carbocycles. The molecular formula is C32H44O9S. The van der Waals surface area contributed by atoms with E-state index in [9.17, 15) is 19.2 Å². The van der Waals surface area contributed by atoms with E-state index < -0.39 is 46.2 Å². The van der Waals surface area contributed by atoms with Gasteiger partial charge in [-0.3, -0.25) is 9.59 Å². The van der Waals surface area contributed by atoms with Crippen LogP contribution < -0.4 is 0 Å². The molecule has 9 nitrogen and oxygen atoms in total. The van der Waals surface area contributed by atoms with Gasteiger partial charge in [0.25, 0.3) is 0 Å². The lowest BCUT2D eigenvalue weighted by Gasteiger charge is -2.45. The lowest BCUT2D eigenvalue weighted by molar-refractivity contribution is -0.166. The van der Waals surface area contributed by atoms with Crippen LogP contribution in [0.25, 0.3) is 0 Å². The molecular weight excluding hydrogens is 560 g/mol. The predicted octanol–water partition coefficient (Wildman–Crippen LogP) is 5.08. The van der Waals surface area contributed by atoms with Gasteiger partial charge in [0, 0.05) is 17.6 Å². The maximum atomic E-state index is 13.7. The number of hydrogen-bond acceptors (Lipinski definition) is 10. The van der Waals surface area contributed by atoms with Gasteiger partial charge < -0.3 is 23.7 Å². The molecule has 1 saturated heterocycles. The molecule has 2 heterocycles. The third kappa shape index (κ3) is 6.13. The standard InChI is InChI=1S/C32H44O9S/c1-7-9-10-11-12-13-14-19-15-23-26(42-8-2)24(21(19)16-20-18-39-31(3,4)41-20)25-22(27(33)40-28(25)34)17-32(23,29(35)37-5)30(36)38-6/h7,9,15,19-21,24,26H,8,10-14,16-18H2,1-6H3/b9-7+/t19-,20-,21+,24+,26?/m1/s1. The molecule has 0 aromatic rings. The van der Waals surface area contributed by atoms with Crippen molar-refractivity contribution in [1.29, 1.82) is 0 Å². The Balaban J connectivity index is 1.89. The molecule has 4 rings (SSSR count). The molecule has 5 atom stereocenters. The first-order valence-corrected chi connectivity index (χ1v) is 16.0. The first-order chi connectivity index (χ1) is 20.0. The smallest absolute Gasteiger partial charge is 0.342 e. The number of carbonyl (C=O) groups excluding carboxylic acids is 4. The molecule has 1 fully saturated rings. The summed E-state index contributed by atoms with van der Waals surface area (Å²) in [6, 6.07) is 0. The number of esters is 4. The second kappa shape index (κ2) is 13.5. The van der Waals surface area contributed by atoms with Crippen LogP contribution >= 0.6 is 11.8 Å². The minimum Gasteiger partial charge on any atom is -0.468 e. The van der Waals surface area contributed by atoms with E-state index in [-0.39, 0.29) is 35.5 Å². The fourth-order valence-electron chi connectivity index (χ4n) is 7.16.